The number of fused-ring (bicyclic) bond motifs is 1. The number of likely N-dealkylation sites (tertiary alicyclic amines) is 1. The lowest BCUT2D eigenvalue weighted by atomic mass is 10.1. The first kappa shape index (κ1) is 15.2. The van der Waals surface area contributed by atoms with E-state index >= 15 is 0 Å². The number of para-hydroxylation sites is 1. The van der Waals surface area contributed by atoms with Gasteiger partial charge >= 0.3 is 0 Å². The molecule has 0 spiro atoms. The van der Waals surface area contributed by atoms with E-state index in [4.69, 9.17) is 5.10 Å². The van der Waals surface area contributed by atoms with Gasteiger partial charge in [0.2, 0.25) is 0 Å². The van der Waals surface area contributed by atoms with Crippen LogP contribution in [0.2, 0.25) is 0 Å². The molecule has 4 rings (SSSR count). The standard InChI is InChI=1S/C18H23BrN4/c19-15-6-2-3-7-17(15)23-18-14(8-10-20-18)16(21-23)9-13-22-11-4-1-5-12-22/h2-3,6-7,20H,1,4-5,8-13H2. The first-order chi connectivity index (χ1) is 11.3. The Morgan fingerprint density at radius 3 is 2.78 bits per heavy atom. The molecule has 2 aliphatic rings. The van der Waals surface area contributed by atoms with E-state index in [0.29, 0.717) is 0 Å². The van der Waals surface area contributed by atoms with Crippen LogP contribution in [-0.4, -0.2) is 40.9 Å². The number of piperidine rings is 1. The number of hydrogen-bond acceptors (Lipinski definition) is 3. The number of benzene rings is 1. The van der Waals surface area contributed by atoms with Crippen molar-refractivity contribution in [2.45, 2.75) is 32.1 Å². The van der Waals surface area contributed by atoms with Crippen LogP contribution in [0.5, 0.6) is 0 Å². The summed E-state index contributed by atoms with van der Waals surface area (Å²) in [5, 5.41) is 8.46. The predicted octanol–water partition coefficient (Wildman–Crippen LogP) is 3.63. The third-order valence-corrected chi connectivity index (χ3v) is 5.60. The number of hydrogen-bond donors (Lipinski definition) is 1. The van der Waals surface area contributed by atoms with Gasteiger partial charge in [0.05, 0.1) is 11.4 Å². The van der Waals surface area contributed by atoms with Crippen molar-refractivity contribution in [2.75, 3.05) is 31.5 Å². The van der Waals surface area contributed by atoms with Crippen molar-refractivity contribution in [2.24, 2.45) is 0 Å². The highest BCUT2D eigenvalue weighted by molar-refractivity contribution is 9.10. The van der Waals surface area contributed by atoms with Gasteiger partial charge in [-0.05, 0) is 60.4 Å². The lowest BCUT2D eigenvalue weighted by Gasteiger charge is -2.26. The molecule has 122 valence electrons. The molecule has 0 amide bonds. The fourth-order valence-corrected chi connectivity index (χ4v) is 4.14. The topological polar surface area (TPSA) is 33.1 Å². The van der Waals surface area contributed by atoms with Gasteiger partial charge < -0.3 is 10.2 Å². The molecule has 0 saturated carbocycles. The first-order valence-electron chi connectivity index (χ1n) is 8.65. The average molecular weight is 375 g/mol. The number of nitrogens with one attached hydrogen (secondary N) is 1. The Morgan fingerprint density at radius 1 is 1.13 bits per heavy atom. The van der Waals surface area contributed by atoms with Crippen LogP contribution in [0, 0.1) is 0 Å². The molecule has 1 fully saturated rings. The van der Waals surface area contributed by atoms with E-state index in [2.05, 4.69) is 49.0 Å². The van der Waals surface area contributed by atoms with Crippen LogP contribution in [0.15, 0.2) is 28.7 Å². The highest BCUT2D eigenvalue weighted by Gasteiger charge is 2.24. The molecule has 0 atom stereocenters. The van der Waals surface area contributed by atoms with E-state index in [0.717, 1.165) is 36.1 Å². The second kappa shape index (κ2) is 6.65. The van der Waals surface area contributed by atoms with E-state index in [1.807, 2.05) is 6.07 Å². The van der Waals surface area contributed by atoms with Crippen LogP contribution < -0.4 is 5.32 Å². The van der Waals surface area contributed by atoms with E-state index in [1.165, 1.54) is 49.4 Å². The van der Waals surface area contributed by atoms with Crippen molar-refractivity contribution >= 4 is 21.7 Å². The van der Waals surface area contributed by atoms with E-state index in [9.17, 15) is 0 Å². The number of nitrogens with zero attached hydrogens (tertiary/aromatic N) is 3. The molecular weight excluding hydrogens is 352 g/mol. The molecule has 23 heavy (non-hydrogen) atoms. The predicted molar refractivity (Wildman–Crippen MR) is 97.5 cm³/mol. The van der Waals surface area contributed by atoms with Gasteiger partial charge in [0, 0.05) is 29.5 Å². The van der Waals surface area contributed by atoms with Crippen LogP contribution in [-0.2, 0) is 12.8 Å². The molecule has 0 unspecified atom stereocenters. The van der Waals surface area contributed by atoms with Crippen LogP contribution in [0.4, 0.5) is 5.82 Å². The number of anilines is 1. The summed E-state index contributed by atoms with van der Waals surface area (Å²) >= 11 is 3.66. The summed E-state index contributed by atoms with van der Waals surface area (Å²) in [7, 11) is 0. The molecule has 0 radical (unpaired) electrons. The normalized spacial score (nSPS) is 18.0. The lowest BCUT2D eigenvalue weighted by molar-refractivity contribution is 0.230. The molecule has 0 aliphatic carbocycles. The van der Waals surface area contributed by atoms with Crippen molar-refractivity contribution in [1.29, 1.82) is 0 Å². The Bertz CT molecular complexity index is 688. The molecule has 1 aromatic heterocycles. The number of rotatable bonds is 4. The van der Waals surface area contributed by atoms with Crippen molar-refractivity contribution in [3.63, 3.8) is 0 Å². The van der Waals surface area contributed by atoms with Crippen LogP contribution in [0.3, 0.4) is 0 Å². The van der Waals surface area contributed by atoms with Crippen molar-refractivity contribution in [1.82, 2.24) is 14.7 Å². The quantitative estimate of drug-likeness (QED) is 0.886. The van der Waals surface area contributed by atoms with Crippen LogP contribution >= 0.6 is 15.9 Å². The molecular formula is C18H23BrN4. The maximum absolute atomic E-state index is 4.94. The fraction of sp³-hybridized carbons (Fsp3) is 0.500. The Kier molecular flexibility index (Phi) is 4.40. The van der Waals surface area contributed by atoms with E-state index in [1.54, 1.807) is 0 Å². The molecule has 4 nitrogen and oxygen atoms in total. The Balaban J connectivity index is 1.59. The maximum Gasteiger partial charge on any atom is 0.133 e. The molecule has 3 heterocycles. The number of aromatic nitrogens is 2. The average Bonchev–Trinajstić information content (AvgIpc) is 3.18. The van der Waals surface area contributed by atoms with Gasteiger partial charge in [-0.2, -0.15) is 5.10 Å². The van der Waals surface area contributed by atoms with Gasteiger partial charge in [-0.3, -0.25) is 0 Å². The van der Waals surface area contributed by atoms with Crippen molar-refractivity contribution in [3.05, 3.63) is 40.0 Å². The Labute approximate surface area is 146 Å². The summed E-state index contributed by atoms with van der Waals surface area (Å²) in [5.41, 5.74) is 3.80. The van der Waals surface area contributed by atoms with Gasteiger partial charge in [0.1, 0.15) is 5.82 Å². The number of halogens is 1. The summed E-state index contributed by atoms with van der Waals surface area (Å²) in [6.07, 6.45) is 6.25. The molecule has 2 aliphatic heterocycles. The summed E-state index contributed by atoms with van der Waals surface area (Å²) in [6, 6.07) is 8.30. The van der Waals surface area contributed by atoms with Crippen molar-refractivity contribution in [3.8, 4) is 5.69 Å². The molecule has 0 bridgehead atoms. The monoisotopic (exact) mass is 374 g/mol. The summed E-state index contributed by atoms with van der Waals surface area (Å²) in [5.74, 6) is 1.19. The molecule has 1 aromatic carbocycles. The fourth-order valence-electron chi connectivity index (χ4n) is 3.69. The maximum atomic E-state index is 4.94. The van der Waals surface area contributed by atoms with E-state index in [-0.39, 0.29) is 0 Å². The summed E-state index contributed by atoms with van der Waals surface area (Å²) in [6.45, 7) is 4.67. The molecule has 1 saturated heterocycles. The Morgan fingerprint density at radius 2 is 1.96 bits per heavy atom. The largest absolute Gasteiger partial charge is 0.369 e. The highest BCUT2D eigenvalue weighted by atomic mass is 79.9. The SMILES string of the molecule is Brc1ccccc1-n1nc(CCN2CCCCC2)c2c1NCC2. The van der Waals surface area contributed by atoms with Crippen LogP contribution in [0.1, 0.15) is 30.5 Å². The molecule has 5 heteroatoms. The highest BCUT2D eigenvalue weighted by Crippen LogP contribution is 2.31. The van der Waals surface area contributed by atoms with Gasteiger partial charge in [0.25, 0.3) is 0 Å². The van der Waals surface area contributed by atoms with Gasteiger partial charge in [-0.15, -0.1) is 0 Å². The van der Waals surface area contributed by atoms with E-state index < -0.39 is 0 Å². The zero-order valence-corrected chi connectivity index (χ0v) is 15.0. The van der Waals surface area contributed by atoms with Gasteiger partial charge in [0.15, 0.2) is 0 Å². The lowest BCUT2D eigenvalue weighted by Crippen LogP contribution is -2.31. The molecule has 2 aromatic rings. The second-order valence-corrected chi connectivity index (χ2v) is 7.32. The summed E-state index contributed by atoms with van der Waals surface area (Å²) < 4.78 is 3.17. The van der Waals surface area contributed by atoms with Gasteiger partial charge in [-0.1, -0.05) is 18.6 Å². The minimum atomic E-state index is 1.02. The van der Waals surface area contributed by atoms with Crippen molar-refractivity contribution < 1.29 is 0 Å². The first-order valence-corrected chi connectivity index (χ1v) is 9.44. The minimum absolute atomic E-state index is 1.02. The van der Waals surface area contributed by atoms with Gasteiger partial charge in [-0.25, -0.2) is 4.68 Å². The Hall–Kier alpha value is -1.33. The summed E-state index contributed by atoms with van der Waals surface area (Å²) in [4.78, 5) is 2.59. The zero-order chi connectivity index (χ0) is 15.6. The van der Waals surface area contributed by atoms with Crippen LogP contribution in [0.25, 0.3) is 5.69 Å². The third kappa shape index (κ3) is 3.04. The third-order valence-electron chi connectivity index (χ3n) is 4.93. The smallest absolute Gasteiger partial charge is 0.133 e. The molecule has 1 N–H and O–H groups in total. The minimum Gasteiger partial charge on any atom is -0.369 e. The zero-order valence-electron chi connectivity index (χ0n) is 13.4. The second-order valence-electron chi connectivity index (χ2n) is 6.47.